The molecule has 1 atom stereocenters. The van der Waals surface area contributed by atoms with E-state index >= 15 is 0 Å². The molecule has 0 aliphatic carbocycles. The maximum atomic E-state index is 12.6. The van der Waals surface area contributed by atoms with Gasteiger partial charge in [-0.2, -0.15) is 0 Å². The number of amides is 3. The molecule has 3 heterocycles. The van der Waals surface area contributed by atoms with Gasteiger partial charge in [-0.15, -0.1) is 5.10 Å². The van der Waals surface area contributed by atoms with Crippen molar-refractivity contribution < 1.29 is 14.4 Å². The van der Waals surface area contributed by atoms with Gasteiger partial charge < -0.3 is 15.1 Å². The summed E-state index contributed by atoms with van der Waals surface area (Å²) in [6.45, 7) is 3.56. The SMILES string of the molecule is O=C(NCCn1nnc2ccccc21)[C@@H]1CCC(=O)N(CCCN2CCCC2=O)C1. The smallest absolute Gasteiger partial charge is 0.224 e. The standard InChI is InChI=1S/C21H28N6O3/c28-19-7-3-11-25(19)12-4-13-26-15-16(8-9-20(26)29)21(30)22-10-14-27-18-6-2-1-5-17(18)23-24-27/h1-2,5-6,16H,3-4,7-15H2,(H,22,30)/t16-/m1/s1. The van der Waals surface area contributed by atoms with Crippen LogP contribution in [0.25, 0.3) is 11.0 Å². The molecule has 1 aromatic heterocycles. The Bertz CT molecular complexity index is 926. The van der Waals surface area contributed by atoms with Gasteiger partial charge in [0.1, 0.15) is 5.52 Å². The predicted octanol–water partition coefficient (Wildman–Crippen LogP) is 0.799. The molecule has 0 unspecified atom stereocenters. The van der Waals surface area contributed by atoms with E-state index in [4.69, 9.17) is 0 Å². The van der Waals surface area contributed by atoms with Crippen LogP contribution >= 0.6 is 0 Å². The molecule has 4 rings (SSSR count). The second-order valence-corrected chi connectivity index (χ2v) is 8.01. The minimum absolute atomic E-state index is 0.0216. The number of benzene rings is 1. The van der Waals surface area contributed by atoms with Gasteiger partial charge in [-0.1, -0.05) is 17.3 Å². The van der Waals surface area contributed by atoms with Gasteiger partial charge in [-0.25, -0.2) is 4.68 Å². The molecule has 160 valence electrons. The van der Waals surface area contributed by atoms with E-state index in [0.29, 0.717) is 52.0 Å². The van der Waals surface area contributed by atoms with Crippen molar-refractivity contribution in [1.82, 2.24) is 30.1 Å². The van der Waals surface area contributed by atoms with Gasteiger partial charge in [0, 0.05) is 45.6 Å². The molecule has 3 amide bonds. The van der Waals surface area contributed by atoms with Crippen molar-refractivity contribution in [3.63, 3.8) is 0 Å². The van der Waals surface area contributed by atoms with Crippen molar-refractivity contribution in [1.29, 1.82) is 0 Å². The number of hydrogen-bond acceptors (Lipinski definition) is 5. The molecule has 2 fully saturated rings. The van der Waals surface area contributed by atoms with Gasteiger partial charge in [-0.3, -0.25) is 14.4 Å². The molecule has 0 radical (unpaired) electrons. The molecule has 9 nitrogen and oxygen atoms in total. The van der Waals surface area contributed by atoms with Crippen LogP contribution in [0.1, 0.15) is 32.1 Å². The summed E-state index contributed by atoms with van der Waals surface area (Å²) in [6.07, 6.45) is 3.29. The van der Waals surface area contributed by atoms with Crippen molar-refractivity contribution in [2.45, 2.75) is 38.6 Å². The molecule has 2 saturated heterocycles. The van der Waals surface area contributed by atoms with Crippen molar-refractivity contribution in [2.24, 2.45) is 5.92 Å². The Kier molecular flexibility index (Phi) is 6.25. The number of piperidine rings is 1. The fraction of sp³-hybridized carbons (Fsp3) is 0.571. The Morgan fingerprint density at radius 3 is 2.70 bits per heavy atom. The number of likely N-dealkylation sites (tertiary alicyclic amines) is 2. The monoisotopic (exact) mass is 412 g/mol. The number of para-hydroxylation sites is 1. The van der Waals surface area contributed by atoms with Crippen molar-refractivity contribution in [3.8, 4) is 0 Å². The van der Waals surface area contributed by atoms with Gasteiger partial charge in [0.15, 0.2) is 0 Å². The highest BCUT2D eigenvalue weighted by molar-refractivity contribution is 5.84. The molecule has 1 N–H and O–H groups in total. The van der Waals surface area contributed by atoms with Crippen LogP contribution in [0.4, 0.5) is 0 Å². The first-order valence-electron chi connectivity index (χ1n) is 10.7. The normalized spacial score (nSPS) is 19.7. The molecule has 30 heavy (non-hydrogen) atoms. The minimum atomic E-state index is -0.191. The van der Waals surface area contributed by atoms with Gasteiger partial charge in [-0.05, 0) is 31.4 Å². The minimum Gasteiger partial charge on any atom is -0.354 e. The first-order chi connectivity index (χ1) is 14.6. The number of carbonyl (C=O) groups is 3. The molecular weight excluding hydrogens is 384 g/mol. The van der Waals surface area contributed by atoms with E-state index < -0.39 is 0 Å². The van der Waals surface area contributed by atoms with E-state index in [1.54, 1.807) is 9.58 Å². The highest BCUT2D eigenvalue weighted by Gasteiger charge is 2.30. The number of nitrogens with zero attached hydrogens (tertiary/aromatic N) is 5. The topological polar surface area (TPSA) is 100 Å². The molecule has 0 spiro atoms. The second kappa shape index (κ2) is 9.23. The largest absolute Gasteiger partial charge is 0.354 e. The second-order valence-electron chi connectivity index (χ2n) is 8.01. The molecule has 9 heteroatoms. The number of rotatable bonds is 8. The predicted molar refractivity (Wildman–Crippen MR) is 110 cm³/mol. The Labute approximate surface area is 175 Å². The van der Waals surface area contributed by atoms with Crippen molar-refractivity contribution in [3.05, 3.63) is 24.3 Å². The average molecular weight is 412 g/mol. The first kappa shape index (κ1) is 20.3. The Morgan fingerprint density at radius 1 is 1.07 bits per heavy atom. The summed E-state index contributed by atoms with van der Waals surface area (Å²) in [6, 6.07) is 7.72. The zero-order valence-corrected chi connectivity index (χ0v) is 17.1. The summed E-state index contributed by atoms with van der Waals surface area (Å²) in [5, 5.41) is 11.2. The Hall–Kier alpha value is -2.97. The van der Waals surface area contributed by atoms with E-state index in [9.17, 15) is 14.4 Å². The summed E-state index contributed by atoms with van der Waals surface area (Å²) in [5.41, 5.74) is 1.78. The van der Waals surface area contributed by atoms with Crippen LogP contribution in [0.2, 0.25) is 0 Å². The fourth-order valence-electron chi connectivity index (χ4n) is 4.25. The molecule has 0 saturated carbocycles. The lowest BCUT2D eigenvalue weighted by Crippen LogP contribution is -2.46. The lowest BCUT2D eigenvalue weighted by molar-refractivity contribution is -0.138. The zero-order valence-electron chi connectivity index (χ0n) is 17.1. The number of fused-ring (bicyclic) bond motifs is 1. The highest BCUT2D eigenvalue weighted by atomic mass is 16.2. The Morgan fingerprint density at radius 2 is 1.87 bits per heavy atom. The van der Waals surface area contributed by atoms with Crippen LogP contribution in [0.15, 0.2) is 24.3 Å². The quantitative estimate of drug-likeness (QED) is 0.691. The van der Waals surface area contributed by atoms with Crippen molar-refractivity contribution >= 4 is 28.8 Å². The molecule has 2 aliphatic rings. The van der Waals surface area contributed by atoms with Crippen molar-refractivity contribution in [2.75, 3.05) is 32.7 Å². The molecule has 2 aliphatic heterocycles. The Balaban J connectivity index is 1.22. The van der Waals surface area contributed by atoms with Crippen LogP contribution in [-0.4, -0.2) is 75.2 Å². The fourth-order valence-corrected chi connectivity index (χ4v) is 4.25. The van der Waals surface area contributed by atoms with Crippen LogP contribution in [0, 0.1) is 5.92 Å². The number of nitrogens with one attached hydrogen (secondary N) is 1. The van der Waals surface area contributed by atoms with E-state index in [-0.39, 0.29) is 23.6 Å². The summed E-state index contributed by atoms with van der Waals surface area (Å²) < 4.78 is 1.78. The van der Waals surface area contributed by atoms with Crippen LogP contribution in [0.5, 0.6) is 0 Å². The van der Waals surface area contributed by atoms with E-state index in [0.717, 1.165) is 30.4 Å². The molecular formula is C21H28N6O3. The highest BCUT2D eigenvalue weighted by Crippen LogP contribution is 2.19. The number of carbonyl (C=O) groups excluding carboxylic acids is 3. The van der Waals surface area contributed by atoms with Gasteiger partial charge in [0.25, 0.3) is 0 Å². The van der Waals surface area contributed by atoms with Crippen LogP contribution < -0.4 is 5.32 Å². The third kappa shape index (κ3) is 4.60. The summed E-state index contributed by atoms with van der Waals surface area (Å²) in [4.78, 5) is 40.2. The molecule has 1 aromatic carbocycles. The zero-order chi connectivity index (χ0) is 20.9. The van der Waals surface area contributed by atoms with Gasteiger partial charge >= 0.3 is 0 Å². The maximum absolute atomic E-state index is 12.6. The van der Waals surface area contributed by atoms with Gasteiger partial charge in [0.2, 0.25) is 17.7 Å². The lowest BCUT2D eigenvalue weighted by atomic mass is 9.96. The van der Waals surface area contributed by atoms with Crippen LogP contribution in [-0.2, 0) is 20.9 Å². The molecule has 0 bridgehead atoms. The average Bonchev–Trinajstić information content (AvgIpc) is 3.35. The van der Waals surface area contributed by atoms with E-state index in [1.807, 2.05) is 29.2 Å². The maximum Gasteiger partial charge on any atom is 0.224 e. The summed E-state index contributed by atoms with van der Waals surface area (Å²) >= 11 is 0. The van der Waals surface area contributed by atoms with E-state index in [2.05, 4.69) is 15.6 Å². The van der Waals surface area contributed by atoms with E-state index in [1.165, 1.54) is 0 Å². The third-order valence-electron chi connectivity index (χ3n) is 5.94. The summed E-state index contributed by atoms with van der Waals surface area (Å²) in [5.74, 6) is 0.0912. The number of hydrogen-bond donors (Lipinski definition) is 1. The molecule has 2 aromatic rings. The van der Waals surface area contributed by atoms with Crippen LogP contribution in [0.3, 0.4) is 0 Å². The van der Waals surface area contributed by atoms with Gasteiger partial charge in [0.05, 0.1) is 18.0 Å². The first-order valence-corrected chi connectivity index (χ1v) is 10.7. The summed E-state index contributed by atoms with van der Waals surface area (Å²) in [7, 11) is 0. The number of aromatic nitrogens is 3. The lowest BCUT2D eigenvalue weighted by Gasteiger charge is -2.32. The third-order valence-corrected chi connectivity index (χ3v) is 5.94.